The van der Waals surface area contributed by atoms with E-state index in [0.717, 1.165) is 22.3 Å². The summed E-state index contributed by atoms with van der Waals surface area (Å²) in [5, 5.41) is 1.11. The Labute approximate surface area is 123 Å². The Morgan fingerprint density at radius 1 is 0.950 bits per heavy atom. The molecule has 2 aromatic carbocycles. The lowest BCUT2D eigenvalue weighted by atomic mass is 10.2. The molecule has 2 N–H and O–H groups in total. The molecular formula is C17H16N2S. The second-order valence-corrected chi connectivity index (χ2v) is 5.99. The van der Waals surface area contributed by atoms with Crippen LogP contribution in [0.3, 0.4) is 0 Å². The summed E-state index contributed by atoms with van der Waals surface area (Å²) in [6.07, 6.45) is 0. The van der Waals surface area contributed by atoms with Crippen LogP contribution in [0.15, 0.2) is 58.3 Å². The van der Waals surface area contributed by atoms with Gasteiger partial charge in [-0.25, -0.2) is 0 Å². The minimum atomic E-state index is 0.773. The molecule has 1 aromatic heterocycles. The van der Waals surface area contributed by atoms with Crippen LogP contribution in [-0.4, -0.2) is 4.98 Å². The van der Waals surface area contributed by atoms with Gasteiger partial charge in [-0.1, -0.05) is 30.0 Å². The molecular weight excluding hydrogens is 264 g/mol. The molecule has 0 atom stereocenters. The fourth-order valence-corrected chi connectivity index (χ4v) is 3.33. The summed E-state index contributed by atoms with van der Waals surface area (Å²) in [4.78, 5) is 7.04. The van der Waals surface area contributed by atoms with E-state index in [4.69, 9.17) is 5.73 Å². The molecule has 0 aliphatic heterocycles. The van der Waals surface area contributed by atoms with Crippen molar-refractivity contribution in [2.45, 2.75) is 23.6 Å². The minimum Gasteiger partial charge on any atom is -0.399 e. The fraction of sp³-hybridized carbons (Fsp3) is 0.118. The van der Waals surface area contributed by atoms with Gasteiger partial charge in [0.05, 0.1) is 5.52 Å². The van der Waals surface area contributed by atoms with Gasteiger partial charge in [-0.15, -0.1) is 0 Å². The summed E-state index contributed by atoms with van der Waals surface area (Å²) in [5.41, 5.74) is 9.99. The number of anilines is 1. The van der Waals surface area contributed by atoms with Crippen LogP contribution in [0.25, 0.3) is 10.9 Å². The van der Waals surface area contributed by atoms with E-state index in [1.807, 2.05) is 25.1 Å². The molecule has 20 heavy (non-hydrogen) atoms. The third-order valence-corrected chi connectivity index (χ3v) is 4.47. The topological polar surface area (TPSA) is 38.9 Å². The summed E-state index contributed by atoms with van der Waals surface area (Å²) >= 11 is 1.77. The van der Waals surface area contributed by atoms with Crippen LogP contribution in [0.2, 0.25) is 0 Å². The molecule has 0 aliphatic rings. The minimum absolute atomic E-state index is 0.773. The number of nitrogen functional groups attached to an aromatic ring is 1. The van der Waals surface area contributed by atoms with Crippen molar-refractivity contribution in [3.63, 3.8) is 0 Å². The van der Waals surface area contributed by atoms with Gasteiger partial charge in [0, 0.05) is 26.6 Å². The standard InChI is InChI=1S/C17H16N2S/c1-11-5-3-4-6-16(11)20-17-9-12(2)19-15-8-7-13(18)10-14(15)17/h3-10H,18H2,1-2H3. The zero-order chi connectivity index (χ0) is 14.1. The number of pyridine rings is 1. The second kappa shape index (κ2) is 5.17. The van der Waals surface area contributed by atoms with Crippen LogP contribution >= 0.6 is 11.8 Å². The van der Waals surface area contributed by atoms with Gasteiger partial charge in [-0.2, -0.15) is 0 Å². The van der Waals surface area contributed by atoms with Gasteiger partial charge >= 0.3 is 0 Å². The number of rotatable bonds is 2. The van der Waals surface area contributed by atoms with Gasteiger partial charge < -0.3 is 5.73 Å². The molecule has 0 amide bonds. The monoisotopic (exact) mass is 280 g/mol. The van der Waals surface area contributed by atoms with Gasteiger partial charge in [0.25, 0.3) is 0 Å². The zero-order valence-corrected chi connectivity index (χ0v) is 12.4. The van der Waals surface area contributed by atoms with E-state index in [9.17, 15) is 0 Å². The molecule has 100 valence electrons. The normalized spacial score (nSPS) is 10.9. The van der Waals surface area contributed by atoms with Crippen molar-refractivity contribution in [3.8, 4) is 0 Å². The molecule has 0 saturated carbocycles. The lowest BCUT2D eigenvalue weighted by Crippen LogP contribution is -1.90. The largest absolute Gasteiger partial charge is 0.399 e. The SMILES string of the molecule is Cc1cc(Sc2ccccc2C)c2cc(N)ccc2n1. The van der Waals surface area contributed by atoms with Crippen LogP contribution in [0.1, 0.15) is 11.3 Å². The average Bonchev–Trinajstić information content (AvgIpc) is 2.42. The molecule has 3 rings (SSSR count). The third-order valence-electron chi connectivity index (χ3n) is 3.24. The highest BCUT2D eigenvalue weighted by Crippen LogP contribution is 2.35. The first-order chi connectivity index (χ1) is 9.63. The fourth-order valence-electron chi connectivity index (χ4n) is 2.21. The molecule has 0 unspecified atom stereocenters. The summed E-state index contributed by atoms with van der Waals surface area (Å²) in [6.45, 7) is 4.16. The Morgan fingerprint density at radius 2 is 1.75 bits per heavy atom. The van der Waals surface area contributed by atoms with E-state index < -0.39 is 0 Å². The third kappa shape index (κ3) is 2.49. The van der Waals surface area contributed by atoms with Crippen LogP contribution < -0.4 is 5.73 Å². The summed E-state index contributed by atoms with van der Waals surface area (Å²) < 4.78 is 0. The van der Waals surface area contributed by atoms with Crippen LogP contribution in [0, 0.1) is 13.8 Å². The molecule has 0 radical (unpaired) electrons. The maximum absolute atomic E-state index is 5.92. The zero-order valence-electron chi connectivity index (χ0n) is 11.6. The van der Waals surface area contributed by atoms with Gasteiger partial charge in [-0.05, 0) is 49.7 Å². The van der Waals surface area contributed by atoms with Gasteiger partial charge in [-0.3, -0.25) is 4.98 Å². The number of fused-ring (bicyclic) bond motifs is 1. The Kier molecular flexibility index (Phi) is 3.36. The van der Waals surface area contributed by atoms with E-state index in [2.05, 4.69) is 42.2 Å². The number of hydrogen-bond donors (Lipinski definition) is 1. The maximum Gasteiger partial charge on any atom is 0.0718 e. The van der Waals surface area contributed by atoms with E-state index >= 15 is 0 Å². The van der Waals surface area contributed by atoms with Gasteiger partial charge in [0.2, 0.25) is 0 Å². The molecule has 2 nitrogen and oxygen atoms in total. The van der Waals surface area contributed by atoms with Gasteiger partial charge in [0.15, 0.2) is 0 Å². The molecule has 3 heteroatoms. The van der Waals surface area contributed by atoms with Crippen LogP contribution in [0.5, 0.6) is 0 Å². The summed E-state index contributed by atoms with van der Waals surface area (Å²) in [5.74, 6) is 0. The maximum atomic E-state index is 5.92. The number of nitrogens with zero attached hydrogens (tertiary/aromatic N) is 1. The first kappa shape index (κ1) is 13.0. The Hall–Kier alpha value is -2.00. The Morgan fingerprint density at radius 3 is 2.55 bits per heavy atom. The number of hydrogen-bond acceptors (Lipinski definition) is 3. The van der Waals surface area contributed by atoms with Crippen molar-refractivity contribution in [3.05, 3.63) is 59.8 Å². The molecule has 0 aliphatic carbocycles. The molecule has 0 bridgehead atoms. The quantitative estimate of drug-likeness (QED) is 0.698. The van der Waals surface area contributed by atoms with Crippen molar-refractivity contribution in [1.29, 1.82) is 0 Å². The van der Waals surface area contributed by atoms with Gasteiger partial charge in [0.1, 0.15) is 0 Å². The first-order valence-electron chi connectivity index (χ1n) is 6.54. The van der Waals surface area contributed by atoms with E-state index in [1.54, 1.807) is 11.8 Å². The molecule has 0 fully saturated rings. The highest BCUT2D eigenvalue weighted by Gasteiger charge is 2.07. The summed E-state index contributed by atoms with van der Waals surface area (Å²) in [6, 6.07) is 16.4. The van der Waals surface area contributed by atoms with Crippen molar-refractivity contribution in [1.82, 2.24) is 4.98 Å². The second-order valence-electron chi connectivity index (χ2n) is 4.91. The van der Waals surface area contributed by atoms with E-state index in [-0.39, 0.29) is 0 Å². The highest BCUT2D eigenvalue weighted by molar-refractivity contribution is 7.99. The molecule has 0 saturated heterocycles. The van der Waals surface area contributed by atoms with Crippen LogP contribution in [-0.2, 0) is 0 Å². The molecule has 3 aromatic rings. The smallest absolute Gasteiger partial charge is 0.0718 e. The number of nitrogens with two attached hydrogens (primary N) is 1. The van der Waals surface area contributed by atoms with E-state index in [0.29, 0.717) is 0 Å². The number of benzene rings is 2. The van der Waals surface area contributed by atoms with Crippen molar-refractivity contribution >= 4 is 28.4 Å². The lowest BCUT2D eigenvalue weighted by Gasteiger charge is -2.10. The predicted octanol–water partition coefficient (Wildman–Crippen LogP) is 4.59. The van der Waals surface area contributed by atoms with Crippen molar-refractivity contribution in [2.24, 2.45) is 0 Å². The molecule has 1 heterocycles. The average molecular weight is 280 g/mol. The number of aromatic nitrogens is 1. The van der Waals surface area contributed by atoms with Crippen molar-refractivity contribution in [2.75, 3.05) is 5.73 Å². The van der Waals surface area contributed by atoms with Crippen LogP contribution in [0.4, 0.5) is 5.69 Å². The van der Waals surface area contributed by atoms with Crippen molar-refractivity contribution < 1.29 is 0 Å². The molecule has 0 spiro atoms. The number of aryl methyl sites for hydroxylation is 2. The van der Waals surface area contributed by atoms with E-state index in [1.165, 1.54) is 15.4 Å². The Balaban J connectivity index is 2.15. The lowest BCUT2D eigenvalue weighted by molar-refractivity contribution is 1.21. The highest BCUT2D eigenvalue weighted by atomic mass is 32.2. The summed E-state index contributed by atoms with van der Waals surface area (Å²) in [7, 11) is 0. The predicted molar refractivity (Wildman–Crippen MR) is 86.2 cm³/mol. The first-order valence-corrected chi connectivity index (χ1v) is 7.35. The Bertz CT molecular complexity index is 781.